The molecule has 0 aliphatic heterocycles. The third-order valence-electron chi connectivity index (χ3n) is 2.20. The molecule has 5 heteroatoms. The van der Waals surface area contributed by atoms with Crippen LogP contribution in [0.4, 0.5) is 0 Å². The zero-order valence-corrected chi connectivity index (χ0v) is 10.4. The first-order valence-corrected chi connectivity index (χ1v) is 5.37. The Labute approximate surface area is 111 Å². The number of ether oxygens (including phenoxy) is 2. The molecule has 1 aromatic rings. The molecule has 0 radical (unpaired) electrons. The molecular weight excluding hydrogens is 246 g/mol. The number of benzene rings is 1. The fourth-order valence-corrected chi connectivity index (χ4v) is 1.35. The minimum absolute atomic E-state index is 0.327. The average molecular weight is 258 g/mol. The SMILES string of the molecule is C=CCOc1ccc(/C=C(\C#N)C(=O)[O-])cc1OC. The smallest absolute Gasteiger partial charge is 0.161 e. The summed E-state index contributed by atoms with van der Waals surface area (Å²) in [5.41, 5.74) is 0.0466. The molecule has 0 saturated carbocycles. The van der Waals surface area contributed by atoms with Crippen molar-refractivity contribution in [2.75, 3.05) is 13.7 Å². The molecule has 0 aliphatic rings. The predicted molar refractivity (Wildman–Crippen MR) is 67.3 cm³/mol. The Bertz CT molecular complexity index is 555. The van der Waals surface area contributed by atoms with Gasteiger partial charge in [0.25, 0.3) is 0 Å². The molecule has 5 nitrogen and oxygen atoms in total. The van der Waals surface area contributed by atoms with E-state index in [0.29, 0.717) is 23.7 Å². The second-order valence-corrected chi connectivity index (χ2v) is 3.47. The van der Waals surface area contributed by atoms with E-state index in [4.69, 9.17) is 14.7 Å². The standard InChI is InChI=1S/C14H13NO4/c1-3-6-19-12-5-4-10(8-13(12)18-2)7-11(9-15)14(16)17/h3-5,7-8H,1,6H2,2H3,(H,16,17)/p-1/b11-7+. The Morgan fingerprint density at radius 1 is 1.53 bits per heavy atom. The molecule has 1 rings (SSSR count). The van der Waals surface area contributed by atoms with E-state index in [-0.39, 0.29) is 0 Å². The van der Waals surface area contributed by atoms with Crippen LogP contribution in [-0.2, 0) is 4.79 Å². The molecule has 0 unspecified atom stereocenters. The van der Waals surface area contributed by atoms with Crippen molar-refractivity contribution >= 4 is 12.0 Å². The highest BCUT2D eigenvalue weighted by Crippen LogP contribution is 2.28. The summed E-state index contributed by atoms with van der Waals surface area (Å²) in [5.74, 6) is -0.578. The van der Waals surface area contributed by atoms with E-state index in [1.165, 1.54) is 13.2 Å². The topological polar surface area (TPSA) is 82.4 Å². The van der Waals surface area contributed by atoms with E-state index < -0.39 is 11.5 Å². The van der Waals surface area contributed by atoms with Gasteiger partial charge in [-0.2, -0.15) is 5.26 Å². The molecule has 0 atom stereocenters. The molecule has 0 saturated heterocycles. The number of rotatable bonds is 6. The van der Waals surface area contributed by atoms with Gasteiger partial charge in [-0.1, -0.05) is 18.7 Å². The molecule has 0 bridgehead atoms. The molecule has 0 heterocycles. The fraction of sp³-hybridized carbons (Fsp3) is 0.143. The van der Waals surface area contributed by atoms with Crippen molar-refractivity contribution < 1.29 is 19.4 Å². The van der Waals surface area contributed by atoms with Gasteiger partial charge in [-0.05, 0) is 23.8 Å². The lowest BCUT2D eigenvalue weighted by atomic mass is 10.1. The third-order valence-corrected chi connectivity index (χ3v) is 2.20. The largest absolute Gasteiger partial charge is 0.544 e. The van der Waals surface area contributed by atoms with Crippen molar-refractivity contribution in [2.45, 2.75) is 0 Å². The van der Waals surface area contributed by atoms with Crippen LogP contribution in [0.15, 0.2) is 36.4 Å². The number of methoxy groups -OCH3 is 1. The minimum atomic E-state index is -1.52. The molecule has 0 spiro atoms. The zero-order valence-electron chi connectivity index (χ0n) is 10.4. The Kier molecular flexibility index (Phi) is 5.17. The van der Waals surface area contributed by atoms with Gasteiger partial charge in [0.05, 0.1) is 18.7 Å². The lowest BCUT2D eigenvalue weighted by molar-refractivity contribution is -0.298. The first kappa shape index (κ1) is 14.3. The lowest BCUT2D eigenvalue weighted by Gasteiger charge is -2.10. The van der Waals surface area contributed by atoms with Gasteiger partial charge in [-0.25, -0.2) is 0 Å². The van der Waals surface area contributed by atoms with Crippen LogP contribution < -0.4 is 14.6 Å². The Morgan fingerprint density at radius 3 is 2.79 bits per heavy atom. The number of carboxylic acid groups (broad SMARTS) is 1. The maximum absolute atomic E-state index is 10.6. The Hall–Kier alpha value is -2.74. The van der Waals surface area contributed by atoms with E-state index in [1.54, 1.807) is 30.3 Å². The number of hydrogen-bond acceptors (Lipinski definition) is 5. The van der Waals surface area contributed by atoms with E-state index in [2.05, 4.69) is 6.58 Å². The van der Waals surface area contributed by atoms with Crippen LogP contribution in [0.25, 0.3) is 6.08 Å². The summed E-state index contributed by atoms with van der Waals surface area (Å²) >= 11 is 0. The molecule has 98 valence electrons. The summed E-state index contributed by atoms with van der Waals surface area (Å²) in [5, 5.41) is 19.3. The second-order valence-electron chi connectivity index (χ2n) is 3.47. The summed E-state index contributed by atoms with van der Waals surface area (Å²) in [4.78, 5) is 10.6. The maximum Gasteiger partial charge on any atom is 0.161 e. The van der Waals surface area contributed by atoms with Gasteiger partial charge < -0.3 is 19.4 Å². The number of nitriles is 1. The van der Waals surface area contributed by atoms with Gasteiger partial charge in [-0.15, -0.1) is 0 Å². The van der Waals surface area contributed by atoms with E-state index in [9.17, 15) is 9.90 Å². The second kappa shape index (κ2) is 6.87. The molecule has 0 fully saturated rings. The first-order chi connectivity index (χ1) is 9.12. The van der Waals surface area contributed by atoms with Gasteiger partial charge in [0, 0.05) is 0 Å². The highest BCUT2D eigenvalue weighted by molar-refractivity contribution is 5.95. The van der Waals surface area contributed by atoms with Crippen molar-refractivity contribution in [3.63, 3.8) is 0 Å². The van der Waals surface area contributed by atoms with Crippen LogP contribution in [0.1, 0.15) is 5.56 Å². The van der Waals surface area contributed by atoms with Crippen molar-refractivity contribution in [1.29, 1.82) is 5.26 Å². The Balaban J connectivity index is 3.10. The normalized spacial score (nSPS) is 10.4. The zero-order chi connectivity index (χ0) is 14.3. The number of aliphatic carboxylic acids is 1. The van der Waals surface area contributed by atoms with Crippen molar-refractivity contribution in [3.05, 3.63) is 42.0 Å². The quantitative estimate of drug-likeness (QED) is 0.430. The van der Waals surface area contributed by atoms with Crippen molar-refractivity contribution in [2.24, 2.45) is 0 Å². The van der Waals surface area contributed by atoms with Crippen LogP contribution in [0.3, 0.4) is 0 Å². The molecule has 19 heavy (non-hydrogen) atoms. The third kappa shape index (κ3) is 3.89. The van der Waals surface area contributed by atoms with Crippen molar-refractivity contribution in [3.8, 4) is 17.6 Å². The molecule has 1 aromatic carbocycles. The molecule has 0 aliphatic carbocycles. The molecular formula is C14H12NO4-. The van der Waals surface area contributed by atoms with Gasteiger partial charge in [-0.3, -0.25) is 0 Å². The summed E-state index contributed by atoms with van der Waals surface area (Å²) in [6.07, 6.45) is 2.80. The molecule has 0 amide bonds. The number of carbonyl (C=O) groups is 1. The minimum Gasteiger partial charge on any atom is -0.544 e. The van der Waals surface area contributed by atoms with Gasteiger partial charge in [0.1, 0.15) is 12.7 Å². The maximum atomic E-state index is 10.6. The van der Waals surface area contributed by atoms with Crippen LogP contribution in [0.2, 0.25) is 0 Å². The fourth-order valence-electron chi connectivity index (χ4n) is 1.35. The highest BCUT2D eigenvalue weighted by atomic mass is 16.5. The Morgan fingerprint density at radius 2 is 2.26 bits per heavy atom. The van der Waals surface area contributed by atoms with E-state index >= 15 is 0 Å². The number of carboxylic acids is 1. The number of hydrogen-bond donors (Lipinski definition) is 0. The summed E-state index contributed by atoms with van der Waals surface area (Å²) in [6, 6.07) is 6.35. The van der Waals surface area contributed by atoms with Crippen LogP contribution in [0.5, 0.6) is 11.5 Å². The lowest BCUT2D eigenvalue weighted by Crippen LogP contribution is -2.23. The molecule has 0 N–H and O–H groups in total. The predicted octanol–water partition coefficient (Wildman–Crippen LogP) is 0.917. The summed E-state index contributed by atoms with van der Waals surface area (Å²) in [7, 11) is 1.47. The van der Waals surface area contributed by atoms with E-state index in [1.807, 2.05) is 0 Å². The van der Waals surface area contributed by atoms with Gasteiger partial charge in [0.15, 0.2) is 11.5 Å². The monoisotopic (exact) mass is 258 g/mol. The van der Waals surface area contributed by atoms with Crippen molar-refractivity contribution in [1.82, 2.24) is 0 Å². The van der Waals surface area contributed by atoms with Gasteiger partial charge in [0.2, 0.25) is 0 Å². The highest BCUT2D eigenvalue weighted by Gasteiger charge is 2.05. The van der Waals surface area contributed by atoms with E-state index in [0.717, 1.165) is 0 Å². The summed E-state index contributed by atoms with van der Waals surface area (Å²) < 4.78 is 10.5. The first-order valence-electron chi connectivity index (χ1n) is 5.37. The van der Waals surface area contributed by atoms with Crippen LogP contribution in [-0.4, -0.2) is 19.7 Å². The van der Waals surface area contributed by atoms with Crippen LogP contribution in [0, 0.1) is 11.3 Å². The number of carbonyl (C=O) groups excluding carboxylic acids is 1. The van der Waals surface area contributed by atoms with Crippen LogP contribution >= 0.6 is 0 Å². The summed E-state index contributed by atoms with van der Waals surface area (Å²) in [6.45, 7) is 3.86. The molecule has 0 aromatic heterocycles. The number of nitrogens with zero attached hydrogens (tertiary/aromatic N) is 1. The van der Waals surface area contributed by atoms with Gasteiger partial charge >= 0.3 is 0 Å². The average Bonchev–Trinajstić information content (AvgIpc) is 2.42.